The summed E-state index contributed by atoms with van der Waals surface area (Å²) >= 11 is 9.28. The van der Waals surface area contributed by atoms with Crippen LogP contribution in [0.1, 0.15) is 18.4 Å². The molecular weight excluding hydrogens is 267 g/mol. The first-order valence-electron chi connectivity index (χ1n) is 4.25. The summed E-state index contributed by atoms with van der Waals surface area (Å²) in [5.41, 5.74) is 0.996. The number of carbonyl (C=O) groups is 1. The lowest BCUT2D eigenvalue weighted by atomic mass is 10.1. The van der Waals surface area contributed by atoms with E-state index in [1.54, 1.807) is 0 Å². The van der Waals surface area contributed by atoms with Crippen LogP contribution in [0.2, 0.25) is 5.02 Å². The third-order valence-corrected chi connectivity index (χ3v) is 2.70. The number of hydrogen-bond donors (Lipinski definition) is 1. The third-order valence-electron chi connectivity index (χ3n) is 1.85. The molecular formula is C10H10BrClO2. The van der Waals surface area contributed by atoms with E-state index in [-0.39, 0.29) is 6.42 Å². The van der Waals surface area contributed by atoms with E-state index >= 15 is 0 Å². The number of carboxylic acid groups (broad SMARTS) is 1. The first-order chi connectivity index (χ1) is 6.59. The van der Waals surface area contributed by atoms with E-state index in [9.17, 15) is 4.79 Å². The van der Waals surface area contributed by atoms with Crippen LogP contribution in [-0.4, -0.2) is 11.1 Å². The molecule has 0 saturated carbocycles. The first-order valence-corrected chi connectivity index (χ1v) is 5.42. The highest BCUT2D eigenvalue weighted by atomic mass is 79.9. The molecule has 0 aliphatic carbocycles. The maximum Gasteiger partial charge on any atom is 0.303 e. The minimum Gasteiger partial charge on any atom is -0.481 e. The summed E-state index contributed by atoms with van der Waals surface area (Å²) in [4.78, 5) is 10.3. The molecule has 0 saturated heterocycles. The van der Waals surface area contributed by atoms with Crippen LogP contribution in [0.3, 0.4) is 0 Å². The second kappa shape index (κ2) is 5.37. The van der Waals surface area contributed by atoms with Crippen LogP contribution < -0.4 is 0 Å². The minimum absolute atomic E-state index is 0.187. The minimum atomic E-state index is -0.766. The topological polar surface area (TPSA) is 37.3 Å². The molecule has 0 aromatic heterocycles. The van der Waals surface area contributed by atoms with Crippen molar-refractivity contribution >= 4 is 33.5 Å². The van der Waals surface area contributed by atoms with Gasteiger partial charge in [0.05, 0.1) is 0 Å². The van der Waals surface area contributed by atoms with E-state index in [0.29, 0.717) is 17.9 Å². The molecule has 1 N–H and O–H groups in total. The molecule has 0 heterocycles. The number of aliphatic carboxylic acids is 1. The van der Waals surface area contributed by atoms with E-state index in [1.807, 2.05) is 18.2 Å². The predicted molar refractivity (Wildman–Crippen MR) is 59.7 cm³/mol. The van der Waals surface area contributed by atoms with Crippen LogP contribution in [0.25, 0.3) is 0 Å². The SMILES string of the molecule is O=C(O)CCCc1ccc(Br)cc1Cl. The second-order valence-electron chi connectivity index (χ2n) is 2.98. The summed E-state index contributed by atoms with van der Waals surface area (Å²) in [6, 6.07) is 5.63. The number of aryl methyl sites for hydroxylation is 1. The van der Waals surface area contributed by atoms with Crippen molar-refractivity contribution in [2.24, 2.45) is 0 Å². The van der Waals surface area contributed by atoms with E-state index < -0.39 is 5.97 Å². The van der Waals surface area contributed by atoms with E-state index in [0.717, 1.165) is 10.0 Å². The fraction of sp³-hybridized carbons (Fsp3) is 0.300. The highest BCUT2D eigenvalue weighted by Gasteiger charge is 2.02. The normalized spacial score (nSPS) is 10.1. The molecule has 0 atom stereocenters. The smallest absolute Gasteiger partial charge is 0.303 e. The standard InChI is InChI=1S/C10H10BrClO2/c11-8-5-4-7(9(12)6-8)2-1-3-10(13)14/h4-6H,1-3H2,(H,13,14). The Morgan fingerprint density at radius 1 is 1.50 bits per heavy atom. The Labute approximate surface area is 96.0 Å². The van der Waals surface area contributed by atoms with Gasteiger partial charge >= 0.3 is 5.97 Å². The molecule has 2 nitrogen and oxygen atoms in total. The fourth-order valence-electron chi connectivity index (χ4n) is 1.15. The van der Waals surface area contributed by atoms with Crippen LogP contribution in [0.4, 0.5) is 0 Å². The average Bonchev–Trinajstić information content (AvgIpc) is 2.08. The van der Waals surface area contributed by atoms with Gasteiger partial charge in [-0.3, -0.25) is 4.79 Å². The highest BCUT2D eigenvalue weighted by Crippen LogP contribution is 2.22. The van der Waals surface area contributed by atoms with Crippen molar-refractivity contribution < 1.29 is 9.90 Å². The molecule has 14 heavy (non-hydrogen) atoms. The number of carboxylic acids is 1. The number of hydrogen-bond acceptors (Lipinski definition) is 1. The Morgan fingerprint density at radius 2 is 2.21 bits per heavy atom. The van der Waals surface area contributed by atoms with Crippen LogP contribution >= 0.6 is 27.5 Å². The van der Waals surface area contributed by atoms with Gasteiger partial charge in [-0.15, -0.1) is 0 Å². The van der Waals surface area contributed by atoms with Gasteiger partial charge in [-0.05, 0) is 30.5 Å². The molecule has 0 aliphatic rings. The van der Waals surface area contributed by atoms with Crippen molar-refractivity contribution in [3.63, 3.8) is 0 Å². The summed E-state index contributed by atoms with van der Waals surface area (Å²) in [7, 11) is 0. The summed E-state index contributed by atoms with van der Waals surface area (Å²) in [5, 5.41) is 9.15. The van der Waals surface area contributed by atoms with Crippen molar-refractivity contribution in [1.82, 2.24) is 0 Å². The second-order valence-corrected chi connectivity index (χ2v) is 4.31. The molecule has 1 rings (SSSR count). The summed E-state index contributed by atoms with van der Waals surface area (Å²) in [6.45, 7) is 0. The van der Waals surface area contributed by atoms with E-state index in [1.165, 1.54) is 0 Å². The van der Waals surface area contributed by atoms with Gasteiger partial charge in [0.25, 0.3) is 0 Å². The van der Waals surface area contributed by atoms with E-state index in [4.69, 9.17) is 16.7 Å². The Balaban J connectivity index is 2.55. The number of rotatable bonds is 4. The van der Waals surface area contributed by atoms with Crippen LogP contribution in [0.5, 0.6) is 0 Å². The maximum absolute atomic E-state index is 10.3. The number of benzene rings is 1. The molecule has 76 valence electrons. The van der Waals surface area contributed by atoms with Gasteiger partial charge in [0, 0.05) is 15.9 Å². The fourth-order valence-corrected chi connectivity index (χ4v) is 1.92. The molecule has 0 fully saturated rings. The zero-order valence-electron chi connectivity index (χ0n) is 7.46. The van der Waals surface area contributed by atoms with Gasteiger partial charge in [0.1, 0.15) is 0 Å². The Hall–Kier alpha value is -0.540. The Kier molecular flexibility index (Phi) is 4.42. The van der Waals surface area contributed by atoms with Crippen molar-refractivity contribution in [2.75, 3.05) is 0 Å². The average molecular weight is 278 g/mol. The van der Waals surface area contributed by atoms with Gasteiger partial charge in [0.15, 0.2) is 0 Å². The molecule has 0 unspecified atom stereocenters. The molecule has 0 bridgehead atoms. The van der Waals surface area contributed by atoms with Gasteiger partial charge in [0.2, 0.25) is 0 Å². The van der Waals surface area contributed by atoms with Crippen molar-refractivity contribution in [1.29, 1.82) is 0 Å². The molecule has 1 aromatic carbocycles. The summed E-state index contributed by atoms with van der Waals surface area (Å²) in [5.74, 6) is -0.766. The van der Waals surface area contributed by atoms with E-state index in [2.05, 4.69) is 15.9 Å². The molecule has 1 aromatic rings. The Morgan fingerprint density at radius 3 is 2.79 bits per heavy atom. The molecule has 0 spiro atoms. The number of halogens is 2. The molecule has 0 aliphatic heterocycles. The predicted octanol–water partition coefficient (Wildman–Crippen LogP) is 3.51. The quantitative estimate of drug-likeness (QED) is 0.914. The highest BCUT2D eigenvalue weighted by molar-refractivity contribution is 9.10. The monoisotopic (exact) mass is 276 g/mol. The lowest BCUT2D eigenvalue weighted by Gasteiger charge is -2.03. The zero-order valence-corrected chi connectivity index (χ0v) is 9.81. The molecule has 4 heteroatoms. The maximum atomic E-state index is 10.3. The van der Waals surface area contributed by atoms with Crippen molar-refractivity contribution in [2.45, 2.75) is 19.3 Å². The van der Waals surface area contributed by atoms with Gasteiger partial charge < -0.3 is 5.11 Å². The summed E-state index contributed by atoms with van der Waals surface area (Å²) in [6.07, 6.45) is 1.52. The van der Waals surface area contributed by atoms with Crippen LogP contribution in [-0.2, 0) is 11.2 Å². The van der Waals surface area contributed by atoms with Crippen LogP contribution in [0, 0.1) is 0 Å². The lowest BCUT2D eigenvalue weighted by Crippen LogP contribution is -1.96. The lowest BCUT2D eigenvalue weighted by molar-refractivity contribution is -0.137. The van der Waals surface area contributed by atoms with Gasteiger partial charge in [-0.2, -0.15) is 0 Å². The first kappa shape index (κ1) is 11.5. The zero-order chi connectivity index (χ0) is 10.6. The Bertz CT molecular complexity index is 339. The van der Waals surface area contributed by atoms with Crippen molar-refractivity contribution in [3.8, 4) is 0 Å². The molecule has 0 radical (unpaired) electrons. The van der Waals surface area contributed by atoms with Crippen LogP contribution in [0.15, 0.2) is 22.7 Å². The third kappa shape index (κ3) is 3.68. The van der Waals surface area contributed by atoms with Gasteiger partial charge in [-0.1, -0.05) is 33.6 Å². The molecule has 0 amide bonds. The van der Waals surface area contributed by atoms with Crippen molar-refractivity contribution in [3.05, 3.63) is 33.3 Å². The largest absolute Gasteiger partial charge is 0.481 e. The summed E-state index contributed by atoms with van der Waals surface area (Å²) < 4.78 is 0.935. The van der Waals surface area contributed by atoms with Gasteiger partial charge in [-0.25, -0.2) is 0 Å².